The average molecular weight is 482 g/mol. The number of ether oxygens (including phenoxy) is 1. The van der Waals surface area contributed by atoms with E-state index in [0.717, 1.165) is 6.07 Å². The van der Waals surface area contributed by atoms with Gasteiger partial charge in [0.05, 0.1) is 35.0 Å². The molecule has 0 aliphatic carbocycles. The van der Waals surface area contributed by atoms with Gasteiger partial charge in [0.1, 0.15) is 5.82 Å². The summed E-state index contributed by atoms with van der Waals surface area (Å²) in [6.07, 6.45) is -4.77. The summed E-state index contributed by atoms with van der Waals surface area (Å²) in [6, 6.07) is 6.96. The van der Waals surface area contributed by atoms with Gasteiger partial charge in [0.25, 0.3) is 11.6 Å². The fraction of sp³-hybridized carbons (Fsp3) is 0.409. The van der Waals surface area contributed by atoms with Crippen LogP contribution in [0.15, 0.2) is 36.4 Å². The summed E-state index contributed by atoms with van der Waals surface area (Å²) in [7, 11) is 0. The Morgan fingerprint density at radius 3 is 2.21 bits per heavy atom. The lowest BCUT2D eigenvalue weighted by Crippen LogP contribution is -2.49. The maximum absolute atomic E-state index is 14.0. The molecule has 2 aliphatic rings. The third-order valence-corrected chi connectivity index (χ3v) is 5.96. The molecule has 0 unspecified atom stereocenters. The highest BCUT2D eigenvalue weighted by Crippen LogP contribution is 2.33. The summed E-state index contributed by atoms with van der Waals surface area (Å²) < 4.78 is 57.8. The third kappa shape index (κ3) is 4.91. The van der Waals surface area contributed by atoms with E-state index < -0.39 is 22.5 Å². The van der Waals surface area contributed by atoms with Crippen molar-refractivity contribution in [3.05, 3.63) is 63.5 Å². The quantitative estimate of drug-likeness (QED) is 0.377. The van der Waals surface area contributed by atoms with Crippen LogP contribution in [0.25, 0.3) is 0 Å². The van der Waals surface area contributed by atoms with Gasteiger partial charge in [0, 0.05) is 57.1 Å². The smallest absolute Gasteiger partial charge is 0.378 e. The van der Waals surface area contributed by atoms with Gasteiger partial charge >= 0.3 is 6.18 Å². The van der Waals surface area contributed by atoms with Crippen LogP contribution in [-0.2, 0) is 10.9 Å². The van der Waals surface area contributed by atoms with Crippen molar-refractivity contribution in [1.82, 2.24) is 4.90 Å². The summed E-state index contributed by atoms with van der Waals surface area (Å²) in [5.41, 5.74) is -0.427. The van der Waals surface area contributed by atoms with Crippen molar-refractivity contribution in [3.63, 3.8) is 0 Å². The van der Waals surface area contributed by atoms with E-state index in [0.29, 0.717) is 43.7 Å². The molecule has 8 nitrogen and oxygen atoms in total. The first kappa shape index (κ1) is 23.7. The van der Waals surface area contributed by atoms with Crippen LogP contribution in [0, 0.1) is 15.9 Å². The number of nitro benzene ring substituents is 1. The van der Waals surface area contributed by atoms with Crippen molar-refractivity contribution in [1.29, 1.82) is 0 Å². The maximum Gasteiger partial charge on any atom is 0.419 e. The molecule has 0 saturated carbocycles. The van der Waals surface area contributed by atoms with Gasteiger partial charge in [-0.3, -0.25) is 14.9 Å². The highest BCUT2D eigenvalue weighted by atomic mass is 19.4. The van der Waals surface area contributed by atoms with E-state index in [1.807, 2.05) is 4.90 Å². The number of alkyl halides is 3. The predicted molar refractivity (Wildman–Crippen MR) is 116 cm³/mol. The molecule has 34 heavy (non-hydrogen) atoms. The summed E-state index contributed by atoms with van der Waals surface area (Å²) in [6.45, 7) is 3.06. The minimum atomic E-state index is -4.77. The van der Waals surface area contributed by atoms with E-state index in [1.54, 1.807) is 15.9 Å². The molecule has 2 saturated heterocycles. The Labute approximate surface area is 192 Å². The van der Waals surface area contributed by atoms with Crippen LogP contribution in [0.5, 0.6) is 0 Å². The highest BCUT2D eigenvalue weighted by Gasteiger charge is 2.34. The van der Waals surface area contributed by atoms with E-state index in [9.17, 15) is 32.5 Å². The molecule has 0 N–H and O–H groups in total. The van der Waals surface area contributed by atoms with Crippen LogP contribution in [-0.4, -0.2) is 68.2 Å². The molecule has 2 aliphatic heterocycles. The van der Waals surface area contributed by atoms with Gasteiger partial charge in [0.15, 0.2) is 0 Å². The maximum atomic E-state index is 14.0. The van der Waals surface area contributed by atoms with Crippen LogP contribution in [0.3, 0.4) is 0 Å². The van der Waals surface area contributed by atoms with Crippen molar-refractivity contribution in [2.45, 2.75) is 6.18 Å². The fourth-order valence-corrected chi connectivity index (χ4v) is 4.16. The van der Waals surface area contributed by atoms with Gasteiger partial charge in [-0.1, -0.05) is 0 Å². The molecular weight excluding hydrogens is 460 g/mol. The number of anilines is 2. The van der Waals surface area contributed by atoms with Crippen molar-refractivity contribution in [2.24, 2.45) is 0 Å². The number of nitrogens with zero attached hydrogens (tertiary/aromatic N) is 4. The monoisotopic (exact) mass is 482 g/mol. The highest BCUT2D eigenvalue weighted by molar-refractivity contribution is 6.00. The number of non-ortho nitro benzene ring substituents is 1. The Morgan fingerprint density at radius 2 is 1.62 bits per heavy atom. The number of rotatable bonds is 4. The molecule has 12 heteroatoms. The molecular formula is C22H22F4N4O4. The van der Waals surface area contributed by atoms with Crippen molar-refractivity contribution in [2.75, 3.05) is 62.3 Å². The molecule has 182 valence electrons. The van der Waals surface area contributed by atoms with Crippen LogP contribution in [0.4, 0.5) is 34.6 Å². The Balaban J connectivity index is 1.50. The topological polar surface area (TPSA) is 79.2 Å². The second-order valence-corrected chi connectivity index (χ2v) is 8.00. The second kappa shape index (κ2) is 9.45. The molecule has 2 aromatic carbocycles. The molecule has 4 rings (SSSR count). The molecule has 0 radical (unpaired) electrons. The summed E-state index contributed by atoms with van der Waals surface area (Å²) in [4.78, 5) is 29.3. The largest absolute Gasteiger partial charge is 0.419 e. The molecule has 2 fully saturated rings. The number of morpholine rings is 1. The summed E-state index contributed by atoms with van der Waals surface area (Å²) in [5, 5.41) is 11.3. The van der Waals surface area contributed by atoms with E-state index >= 15 is 0 Å². The standard InChI is InChI=1S/C22H22F4N4O4/c23-19-14-15(1-3-18(19)22(24,25)26)27-5-7-29(8-6-27)21(31)17-13-16(30(32)33)2-4-20(17)28-9-11-34-12-10-28/h1-4,13-14H,5-12H2. The number of piperazine rings is 1. The van der Waals surface area contributed by atoms with Crippen LogP contribution >= 0.6 is 0 Å². The van der Waals surface area contributed by atoms with E-state index in [-0.39, 0.29) is 43.3 Å². The van der Waals surface area contributed by atoms with Crippen molar-refractivity contribution >= 4 is 23.0 Å². The van der Waals surface area contributed by atoms with Crippen molar-refractivity contribution in [3.8, 4) is 0 Å². The van der Waals surface area contributed by atoms with E-state index in [4.69, 9.17) is 4.74 Å². The van der Waals surface area contributed by atoms with Crippen LogP contribution in [0.2, 0.25) is 0 Å². The number of nitro groups is 1. The molecule has 2 aromatic rings. The third-order valence-electron chi connectivity index (χ3n) is 5.96. The minimum absolute atomic E-state index is 0.195. The number of benzene rings is 2. The predicted octanol–water partition coefficient (Wildman–Crippen LogP) is 3.55. The summed E-state index contributed by atoms with van der Waals surface area (Å²) in [5.74, 6) is -1.72. The fourth-order valence-electron chi connectivity index (χ4n) is 4.16. The lowest BCUT2D eigenvalue weighted by Gasteiger charge is -2.37. The van der Waals surface area contributed by atoms with Crippen LogP contribution in [0.1, 0.15) is 15.9 Å². The number of carbonyl (C=O) groups excluding carboxylic acids is 1. The van der Waals surface area contributed by atoms with E-state index in [2.05, 4.69) is 0 Å². The Kier molecular flexibility index (Phi) is 6.60. The van der Waals surface area contributed by atoms with Crippen molar-refractivity contribution < 1.29 is 32.0 Å². The molecule has 0 aromatic heterocycles. The summed E-state index contributed by atoms with van der Waals surface area (Å²) >= 11 is 0. The number of halogens is 4. The zero-order valence-corrected chi connectivity index (χ0v) is 18.1. The lowest BCUT2D eigenvalue weighted by molar-refractivity contribution is -0.384. The van der Waals surface area contributed by atoms with Gasteiger partial charge in [-0.15, -0.1) is 0 Å². The molecule has 0 atom stereocenters. The van der Waals surface area contributed by atoms with Gasteiger partial charge in [0.2, 0.25) is 0 Å². The molecule has 1 amide bonds. The van der Waals surface area contributed by atoms with Gasteiger partial charge in [-0.2, -0.15) is 13.2 Å². The number of carbonyl (C=O) groups is 1. The number of hydrogen-bond acceptors (Lipinski definition) is 6. The zero-order valence-electron chi connectivity index (χ0n) is 18.1. The lowest BCUT2D eigenvalue weighted by atomic mass is 10.1. The number of hydrogen-bond donors (Lipinski definition) is 0. The molecule has 0 spiro atoms. The SMILES string of the molecule is O=C(c1cc([N+](=O)[O-])ccc1N1CCOCC1)N1CCN(c2ccc(C(F)(F)F)c(F)c2)CC1. The van der Waals surface area contributed by atoms with Crippen LogP contribution < -0.4 is 9.80 Å². The molecule has 2 heterocycles. The van der Waals surface area contributed by atoms with Gasteiger partial charge in [-0.25, -0.2) is 4.39 Å². The Hall–Kier alpha value is -3.41. The van der Waals surface area contributed by atoms with E-state index in [1.165, 1.54) is 18.2 Å². The average Bonchev–Trinajstić information content (AvgIpc) is 2.83. The number of amides is 1. The first-order valence-electron chi connectivity index (χ1n) is 10.7. The van der Waals surface area contributed by atoms with Gasteiger partial charge in [-0.05, 0) is 24.3 Å². The first-order chi connectivity index (χ1) is 16.1. The second-order valence-electron chi connectivity index (χ2n) is 8.00. The Bertz CT molecular complexity index is 1080. The normalized spacial score (nSPS) is 17.1. The zero-order chi connectivity index (χ0) is 24.5. The first-order valence-corrected chi connectivity index (χ1v) is 10.7. The van der Waals surface area contributed by atoms with Gasteiger partial charge < -0.3 is 19.4 Å². The minimum Gasteiger partial charge on any atom is -0.378 e. The molecule has 0 bridgehead atoms. The Morgan fingerprint density at radius 1 is 0.941 bits per heavy atom.